The van der Waals surface area contributed by atoms with E-state index >= 15 is 0 Å². The second-order valence-electron chi connectivity index (χ2n) is 7.13. The van der Waals surface area contributed by atoms with Gasteiger partial charge in [0.25, 0.3) is 0 Å². The van der Waals surface area contributed by atoms with Crippen molar-refractivity contribution in [3.05, 3.63) is 23.9 Å². The number of aromatic nitrogens is 1. The average molecular weight is 348 g/mol. The number of hydrogen-bond donors (Lipinski definition) is 2. The summed E-state index contributed by atoms with van der Waals surface area (Å²) >= 11 is 0. The molecular formula is C19H32N4O2. The number of rotatable bonds is 7. The lowest BCUT2D eigenvalue weighted by Gasteiger charge is -2.24. The second-order valence-corrected chi connectivity index (χ2v) is 7.13. The normalized spacial score (nSPS) is 16.6. The molecule has 6 heteroatoms. The Kier molecular flexibility index (Phi) is 7.50. The van der Waals surface area contributed by atoms with Crippen LogP contribution < -0.4 is 15.4 Å². The largest absolute Gasteiger partial charge is 0.474 e. The molecule has 0 atom stereocenters. The van der Waals surface area contributed by atoms with Gasteiger partial charge in [0.05, 0.1) is 5.60 Å². The highest BCUT2D eigenvalue weighted by molar-refractivity contribution is 5.79. The first-order chi connectivity index (χ1) is 12.0. The Morgan fingerprint density at radius 2 is 2.00 bits per heavy atom. The van der Waals surface area contributed by atoms with Crippen LogP contribution >= 0.6 is 0 Å². The maximum atomic E-state index is 5.96. The Morgan fingerprint density at radius 1 is 1.24 bits per heavy atom. The highest BCUT2D eigenvalue weighted by atomic mass is 16.5. The molecule has 6 nitrogen and oxygen atoms in total. The van der Waals surface area contributed by atoms with Crippen LogP contribution in [0, 0.1) is 0 Å². The van der Waals surface area contributed by atoms with E-state index in [1.807, 2.05) is 32.2 Å². The molecule has 0 radical (unpaired) electrons. The van der Waals surface area contributed by atoms with Gasteiger partial charge in [-0.2, -0.15) is 0 Å². The van der Waals surface area contributed by atoms with Crippen molar-refractivity contribution in [1.29, 1.82) is 0 Å². The van der Waals surface area contributed by atoms with E-state index in [0.717, 1.165) is 30.2 Å². The van der Waals surface area contributed by atoms with Crippen LogP contribution in [-0.4, -0.2) is 43.4 Å². The third kappa shape index (κ3) is 6.90. The van der Waals surface area contributed by atoms with Crippen molar-refractivity contribution in [2.24, 2.45) is 4.99 Å². The van der Waals surface area contributed by atoms with Crippen LogP contribution in [0.25, 0.3) is 0 Å². The zero-order chi connectivity index (χ0) is 18.1. The lowest BCUT2D eigenvalue weighted by atomic mass is 9.98. The number of hydrogen-bond acceptors (Lipinski definition) is 4. The number of guanidine groups is 1. The van der Waals surface area contributed by atoms with Crippen molar-refractivity contribution in [3.8, 4) is 5.88 Å². The van der Waals surface area contributed by atoms with Gasteiger partial charge in [0.1, 0.15) is 6.10 Å². The molecule has 0 bridgehead atoms. The first-order valence-corrected chi connectivity index (χ1v) is 9.13. The molecule has 2 rings (SSSR count). The summed E-state index contributed by atoms with van der Waals surface area (Å²) in [5, 5.41) is 6.55. The predicted octanol–water partition coefficient (Wildman–Crippen LogP) is 2.88. The van der Waals surface area contributed by atoms with Gasteiger partial charge in [-0.05, 0) is 45.1 Å². The number of aliphatic imine (C=N–C) groups is 1. The summed E-state index contributed by atoms with van der Waals surface area (Å²) in [5.74, 6) is 1.47. The van der Waals surface area contributed by atoms with E-state index in [1.54, 1.807) is 14.2 Å². The Hall–Kier alpha value is -1.82. The van der Waals surface area contributed by atoms with Gasteiger partial charge in [0.15, 0.2) is 5.96 Å². The quantitative estimate of drug-likeness (QED) is 0.586. The molecule has 0 aliphatic heterocycles. The van der Waals surface area contributed by atoms with Crippen LogP contribution in [0.2, 0.25) is 0 Å². The minimum atomic E-state index is -0.239. The third-order valence-corrected chi connectivity index (χ3v) is 4.55. The zero-order valence-electron chi connectivity index (χ0n) is 16.0. The summed E-state index contributed by atoms with van der Waals surface area (Å²) < 4.78 is 11.4. The van der Waals surface area contributed by atoms with Gasteiger partial charge in [-0.1, -0.05) is 12.5 Å². The molecule has 25 heavy (non-hydrogen) atoms. The van der Waals surface area contributed by atoms with Gasteiger partial charge in [0, 0.05) is 39.5 Å². The summed E-state index contributed by atoms with van der Waals surface area (Å²) in [7, 11) is 3.47. The zero-order valence-corrected chi connectivity index (χ0v) is 16.0. The highest BCUT2D eigenvalue weighted by Gasteiger charge is 2.17. The van der Waals surface area contributed by atoms with Crippen LogP contribution in [-0.2, 0) is 11.3 Å². The molecule has 1 saturated carbocycles. The van der Waals surface area contributed by atoms with Crippen molar-refractivity contribution in [3.63, 3.8) is 0 Å². The first kappa shape index (κ1) is 19.5. The van der Waals surface area contributed by atoms with Gasteiger partial charge >= 0.3 is 0 Å². The van der Waals surface area contributed by atoms with Crippen molar-refractivity contribution < 1.29 is 9.47 Å². The minimum Gasteiger partial charge on any atom is -0.474 e. The van der Waals surface area contributed by atoms with E-state index in [0.29, 0.717) is 19.2 Å². The van der Waals surface area contributed by atoms with Crippen LogP contribution in [0.15, 0.2) is 23.3 Å². The summed E-state index contributed by atoms with van der Waals surface area (Å²) in [6, 6.07) is 4.00. The molecular weight excluding hydrogens is 316 g/mol. The van der Waals surface area contributed by atoms with E-state index in [4.69, 9.17) is 9.47 Å². The third-order valence-electron chi connectivity index (χ3n) is 4.55. The molecule has 2 N–H and O–H groups in total. The van der Waals surface area contributed by atoms with Gasteiger partial charge in [-0.25, -0.2) is 4.98 Å². The Bertz CT molecular complexity index is 537. The van der Waals surface area contributed by atoms with Crippen LogP contribution in [0.4, 0.5) is 0 Å². The molecule has 1 aliphatic carbocycles. The van der Waals surface area contributed by atoms with E-state index in [2.05, 4.69) is 20.6 Å². The molecule has 0 amide bonds. The molecule has 1 aromatic heterocycles. The lowest BCUT2D eigenvalue weighted by Crippen LogP contribution is -2.45. The van der Waals surface area contributed by atoms with E-state index in [1.165, 1.54) is 19.3 Å². The topological polar surface area (TPSA) is 67.8 Å². The molecule has 0 spiro atoms. The van der Waals surface area contributed by atoms with Crippen LogP contribution in [0.1, 0.15) is 51.5 Å². The summed E-state index contributed by atoms with van der Waals surface area (Å²) in [6.45, 7) is 5.39. The average Bonchev–Trinajstić information content (AvgIpc) is 2.64. The standard InChI is InChI=1S/C19H32N4O2/c1-19(2,24-4)14-23-18(20-3)22-13-15-10-11-17(21-12-15)25-16-8-6-5-7-9-16/h10-12,16H,5-9,13-14H2,1-4H3,(H2,20,22,23). The number of nitrogens with zero attached hydrogens (tertiary/aromatic N) is 2. The van der Waals surface area contributed by atoms with Crippen LogP contribution in [0.3, 0.4) is 0 Å². The fourth-order valence-corrected chi connectivity index (χ4v) is 2.71. The number of nitrogens with one attached hydrogen (secondary N) is 2. The van der Waals surface area contributed by atoms with Gasteiger partial charge < -0.3 is 20.1 Å². The van der Waals surface area contributed by atoms with Gasteiger partial charge in [-0.15, -0.1) is 0 Å². The smallest absolute Gasteiger partial charge is 0.213 e. The van der Waals surface area contributed by atoms with E-state index in [9.17, 15) is 0 Å². The van der Waals surface area contributed by atoms with Crippen molar-refractivity contribution in [1.82, 2.24) is 15.6 Å². The molecule has 0 unspecified atom stereocenters. The lowest BCUT2D eigenvalue weighted by molar-refractivity contribution is 0.0268. The monoisotopic (exact) mass is 348 g/mol. The molecule has 1 fully saturated rings. The van der Waals surface area contributed by atoms with Crippen molar-refractivity contribution in [2.75, 3.05) is 20.7 Å². The van der Waals surface area contributed by atoms with Crippen LogP contribution in [0.5, 0.6) is 5.88 Å². The highest BCUT2D eigenvalue weighted by Crippen LogP contribution is 2.22. The number of methoxy groups -OCH3 is 1. The maximum absolute atomic E-state index is 5.96. The van der Waals surface area contributed by atoms with Crippen molar-refractivity contribution in [2.45, 2.75) is 64.2 Å². The van der Waals surface area contributed by atoms with Gasteiger partial charge in [0.2, 0.25) is 5.88 Å². The summed E-state index contributed by atoms with van der Waals surface area (Å²) in [4.78, 5) is 8.66. The molecule has 1 aromatic rings. The molecule has 1 heterocycles. The fourth-order valence-electron chi connectivity index (χ4n) is 2.71. The van der Waals surface area contributed by atoms with E-state index in [-0.39, 0.29) is 5.60 Å². The maximum Gasteiger partial charge on any atom is 0.213 e. The Morgan fingerprint density at radius 3 is 2.60 bits per heavy atom. The molecule has 0 saturated heterocycles. The van der Waals surface area contributed by atoms with Gasteiger partial charge in [-0.3, -0.25) is 4.99 Å². The Labute approximate surface area is 151 Å². The summed E-state index contributed by atoms with van der Waals surface area (Å²) in [5.41, 5.74) is 0.849. The van der Waals surface area contributed by atoms with Crippen molar-refractivity contribution >= 4 is 5.96 Å². The molecule has 140 valence electrons. The first-order valence-electron chi connectivity index (χ1n) is 9.13. The summed E-state index contributed by atoms with van der Waals surface area (Å²) in [6.07, 6.45) is 8.33. The SMILES string of the molecule is CN=C(NCc1ccc(OC2CCCCC2)nc1)NCC(C)(C)OC. The minimum absolute atomic E-state index is 0.239. The van der Waals surface area contributed by atoms with E-state index < -0.39 is 0 Å². The fraction of sp³-hybridized carbons (Fsp3) is 0.684. The Balaban J connectivity index is 1.77. The second kappa shape index (κ2) is 9.61. The predicted molar refractivity (Wildman–Crippen MR) is 101 cm³/mol. The number of ether oxygens (including phenoxy) is 2. The molecule has 0 aromatic carbocycles. The number of pyridine rings is 1. The molecule has 1 aliphatic rings.